The van der Waals surface area contributed by atoms with Gasteiger partial charge in [0.25, 0.3) is 0 Å². The minimum Gasteiger partial charge on any atom is -0.480 e. The van der Waals surface area contributed by atoms with Crippen molar-refractivity contribution < 1.29 is 105 Å². The highest BCUT2D eigenvalue weighted by atomic mass is 36.0. The summed E-state index contributed by atoms with van der Waals surface area (Å²) in [7, 11) is 13.1. The van der Waals surface area contributed by atoms with E-state index in [1.807, 2.05) is 115 Å². The van der Waals surface area contributed by atoms with Gasteiger partial charge in [-0.15, -0.1) is 24.0 Å². The molecule has 18 heterocycles. The number of carboxylic acid groups (broad SMARTS) is 1. The number of carbonyl (C=O) groups excluding carboxylic acids is 7. The van der Waals surface area contributed by atoms with Crippen molar-refractivity contribution in [1.29, 1.82) is 0 Å². The molecule has 1 fully saturated rings. The Morgan fingerprint density at radius 2 is 0.955 bits per heavy atom. The summed E-state index contributed by atoms with van der Waals surface area (Å²) in [4.78, 5) is 139. The fourth-order valence-electron chi connectivity index (χ4n) is 16.9. The third kappa shape index (κ3) is 20.0. The van der Waals surface area contributed by atoms with Gasteiger partial charge in [-0.25, -0.2) is 33.9 Å². The number of aromatic nitrogens is 10. The van der Waals surface area contributed by atoms with Gasteiger partial charge in [0.1, 0.15) is 70.6 Å². The van der Waals surface area contributed by atoms with E-state index in [0.717, 1.165) is 123 Å². The number of aromatic amines is 5. The van der Waals surface area contributed by atoms with Gasteiger partial charge in [0.15, 0.2) is 46.0 Å². The number of fused-ring (bicyclic) bond motifs is 16. The number of likely N-dealkylation sites (N-methyl/N-ethyl adjacent to an activating group) is 1. The zero-order chi connectivity index (χ0) is 91.8. The molecular formula is C90H86Cl4N16O22S. The summed E-state index contributed by atoms with van der Waals surface area (Å²) >= 11 is 5.94. The van der Waals surface area contributed by atoms with E-state index < -0.39 is 69.4 Å². The molecule has 1 saturated heterocycles. The van der Waals surface area contributed by atoms with Gasteiger partial charge >= 0.3 is 23.9 Å². The smallest absolute Gasteiger partial charge is 0.328 e. The van der Waals surface area contributed by atoms with Gasteiger partial charge in [0.2, 0.25) is 54.1 Å². The van der Waals surface area contributed by atoms with E-state index in [-0.39, 0.29) is 87.2 Å². The average molecular weight is 1920 g/mol. The van der Waals surface area contributed by atoms with Crippen molar-refractivity contribution in [3.63, 3.8) is 0 Å². The molecule has 3 amide bonds. The quantitative estimate of drug-likeness (QED) is 0.0171. The Morgan fingerprint density at radius 1 is 0.541 bits per heavy atom. The molecule has 8 aliphatic rings. The molecule has 8 aliphatic heterocycles. The number of carbonyl (C=O) groups is 8. The summed E-state index contributed by atoms with van der Waals surface area (Å²) in [6, 6.07) is 36.7. The Balaban J connectivity index is 0.000000130. The van der Waals surface area contributed by atoms with Gasteiger partial charge in [-0.2, -0.15) is 0 Å². The summed E-state index contributed by atoms with van der Waals surface area (Å²) in [5.41, 5.74) is 25.8. The van der Waals surface area contributed by atoms with E-state index in [2.05, 4.69) is 81.3 Å². The molecule has 692 valence electrons. The Kier molecular flexibility index (Phi) is 29.9. The van der Waals surface area contributed by atoms with E-state index in [0.29, 0.717) is 83.6 Å². The third-order valence-electron chi connectivity index (χ3n) is 22.9. The highest BCUT2D eigenvalue weighted by molar-refractivity contribution is 8.26. The Labute approximate surface area is 778 Å². The lowest BCUT2D eigenvalue weighted by atomic mass is 9.86. The first-order chi connectivity index (χ1) is 63.5. The fourth-order valence-corrected chi connectivity index (χ4v) is 17.0. The van der Waals surface area contributed by atoms with Crippen molar-refractivity contribution in [3.8, 4) is 46.0 Å². The summed E-state index contributed by atoms with van der Waals surface area (Å²) in [5.74, 6) is 2.42. The Bertz CT molecular complexity index is 6730. The number of piperazine rings is 1. The van der Waals surface area contributed by atoms with Crippen LogP contribution in [0.25, 0.3) is 55.2 Å². The van der Waals surface area contributed by atoms with Gasteiger partial charge < -0.3 is 114 Å². The molecule has 4 aromatic carbocycles. The number of nitrogens with zero attached hydrogens (tertiary/aromatic N) is 8. The normalized spacial score (nSPS) is 17.8. The Hall–Kier alpha value is -14.2. The van der Waals surface area contributed by atoms with E-state index in [1.54, 1.807) is 73.4 Å². The van der Waals surface area contributed by atoms with Crippen LogP contribution in [0.4, 0.5) is 0 Å². The van der Waals surface area contributed by atoms with E-state index in [4.69, 9.17) is 79.8 Å². The minimum atomic E-state index is -1.67. The van der Waals surface area contributed by atoms with Crippen LogP contribution < -0.4 is 54.7 Å². The molecule has 22 rings (SSSR count). The van der Waals surface area contributed by atoms with Crippen LogP contribution >= 0.6 is 45.4 Å². The maximum Gasteiger partial charge on any atom is 0.328 e. The molecule has 0 bridgehead atoms. The molecule has 133 heavy (non-hydrogen) atoms. The monoisotopic (exact) mass is 1910 g/mol. The summed E-state index contributed by atoms with van der Waals surface area (Å²) in [6.45, 7) is 0.866. The molecule has 43 heteroatoms. The van der Waals surface area contributed by atoms with Gasteiger partial charge in [-0.05, 0) is 160 Å². The number of ether oxygens (including phenoxy) is 11. The number of nitrogens with two attached hydrogens (primary N) is 2. The van der Waals surface area contributed by atoms with Crippen LogP contribution in [-0.4, -0.2) is 225 Å². The van der Waals surface area contributed by atoms with Crippen LogP contribution in [-0.2, 0) is 89.1 Å². The van der Waals surface area contributed by atoms with E-state index in [9.17, 15) is 38.4 Å². The van der Waals surface area contributed by atoms with Crippen LogP contribution in [0.15, 0.2) is 177 Å². The number of esters is 3. The molecule has 13 N–H and O–H groups in total. The number of amides is 3. The van der Waals surface area contributed by atoms with Crippen LogP contribution in [0.3, 0.4) is 0 Å². The van der Waals surface area contributed by atoms with Gasteiger partial charge in [0.05, 0.1) is 46.0 Å². The third-order valence-corrected chi connectivity index (χ3v) is 23.1. The molecule has 0 aliphatic carbocycles. The number of aliphatic carboxylic acids is 1. The maximum absolute atomic E-state index is 13.1. The lowest BCUT2D eigenvalue weighted by Crippen LogP contribution is -2.62. The van der Waals surface area contributed by atoms with E-state index >= 15 is 0 Å². The maximum atomic E-state index is 13.1. The van der Waals surface area contributed by atoms with Crippen molar-refractivity contribution in [2.24, 2.45) is 11.5 Å². The van der Waals surface area contributed by atoms with Crippen LogP contribution in [0, 0.1) is 0 Å². The van der Waals surface area contributed by atoms with Crippen molar-refractivity contribution in [2.75, 3.05) is 68.0 Å². The summed E-state index contributed by atoms with van der Waals surface area (Å²) in [6.07, 6.45) is 15.0. The zero-order valence-electron chi connectivity index (χ0n) is 71.0. The molecule has 2 unspecified atom stereocenters. The second kappa shape index (κ2) is 41.9. The minimum absolute atomic E-state index is 0. The number of carboxylic acids is 1. The van der Waals surface area contributed by atoms with Crippen molar-refractivity contribution in [2.45, 2.75) is 80.4 Å². The number of nitrogens with one attached hydrogen (secondary N) is 6. The van der Waals surface area contributed by atoms with Gasteiger partial charge in [-0.1, -0.05) is 18.2 Å². The highest BCUT2D eigenvalue weighted by Gasteiger charge is 2.49. The molecule has 0 spiro atoms. The first-order valence-corrected chi connectivity index (χ1v) is 44.0. The highest BCUT2D eigenvalue weighted by Crippen LogP contribution is 2.48. The zero-order valence-corrected chi connectivity index (χ0v) is 74.9. The standard InChI is InChI=1S/C21H18ClN3O5.C21H18N4O4.C19H17N3O4.C11H13N3O2.C10H11N3O2.C8H6O3.Cl2OS.ClH.H2O/c1-28-21(27)14-8-13-12-3-2-6-23-20(12)24-18(13)19(25(14)17(26)9-22)11-4-5-15-16(7-11)30-10-29-15;1-24-9-17(26)25-14(21(24)27)8-13-12-3-2-6-22-20(12)23-18(13)19(25)11-4-5-15-16(7-11)29-10-28-15;1-24-19(23)13-8-12-11-3-2-6-20-18(11)22-17(12)16(21-13)10-4-5-14-15(7-10)26-9-25-14;1-16-11(15)9(12)5-7-6-14-10-8(7)3-2-4-13-10;11-8(10(14)15)4-6-5-13-9-7(6)2-1-3-12-9;9-4-6-1-2-7-8(3-6)11-5-10-7;1-4(2)3;;/h2-7,14,19H,8-10H2,1H3,(H,23,24);2-7,14,19H,8-10H2,1H3,(H,22,23);2-7,13,16,21H,8-9H2,1H3,(H,20,22);2-4,6,9H,5,12H2,1H3,(H,13,14);1-3,5,8H,4,11H2,(H,12,13)(H,14,15);1-4H,5H2;;1H;1H2/t2*14-,19-;13-,16-;;;;;;/m111....../s1. The second-order valence-corrected chi connectivity index (χ2v) is 33.3. The molecule has 0 saturated carbocycles. The predicted molar refractivity (Wildman–Crippen MR) is 487 cm³/mol. The number of pyridine rings is 5. The molecule has 14 aromatic rings. The number of H-pyrrole nitrogens is 5. The SMILES string of the molecule is CN1CC(=O)N2[C@H](c3ccc4c(c3)OCO4)c3[nH]c4ncccc4c3C[C@@H]2C1=O.COC(=O)C(N)Cc1c[nH]c2ncccc12.COC(=O)[C@H]1Cc2c([nH]c3ncccc23)[C@@H](c2ccc3c(c2)OCO3)N1.COC(=O)[C@H]1Cc2c([nH]c3ncccc23)[C@@H](c2ccc3c(c2)OCO3)N1C(=O)CCl.Cl.NC(Cc1c[nH]c2ncccc12)C(=O)O.O.O=Cc1ccc2c(c1)OCO2.O=S(Cl)Cl. The number of benzene rings is 4. The average Bonchev–Trinajstić information content (AvgIpc) is 1.65. The van der Waals surface area contributed by atoms with Gasteiger partial charge in [0, 0.05) is 153 Å². The topological polar surface area (TPSA) is 524 Å². The van der Waals surface area contributed by atoms with Crippen LogP contribution in [0.2, 0.25) is 0 Å². The lowest BCUT2D eigenvalue weighted by Gasteiger charge is -2.46. The predicted octanol–water partition coefficient (Wildman–Crippen LogP) is 9.21. The Morgan fingerprint density at radius 3 is 1.43 bits per heavy atom. The number of methoxy groups -OCH3 is 3. The first kappa shape index (κ1) is 94.9. The number of aldehydes is 1. The number of rotatable bonds is 13. The first-order valence-electron chi connectivity index (χ1n) is 40.6. The fraction of sp³-hybridized carbons (Fsp3) is 0.256. The van der Waals surface area contributed by atoms with Crippen molar-refractivity contribution in [3.05, 3.63) is 244 Å². The van der Waals surface area contributed by atoms with Crippen LogP contribution in [0.1, 0.15) is 90.1 Å². The van der Waals surface area contributed by atoms with Gasteiger partial charge in [-0.3, -0.25) is 38.9 Å². The molecule has 8 atom stereocenters. The molecular weight excluding hydrogens is 1830 g/mol. The largest absolute Gasteiger partial charge is 0.480 e. The van der Waals surface area contributed by atoms with Crippen molar-refractivity contribution >= 4 is 158 Å². The van der Waals surface area contributed by atoms with E-state index in [1.165, 1.54) is 31.1 Å². The number of hydrogen-bond acceptors (Lipinski definition) is 28. The summed E-state index contributed by atoms with van der Waals surface area (Å²) in [5, 5.41) is 16.9. The molecule has 10 aromatic heterocycles. The van der Waals surface area contributed by atoms with Crippen molar-refractivity contribution in [1.82, 2.24) is 69.9 Å². The number of alkyl halides is 1. The summed E-state index contributed by atoms with van der Waals surface area (Å²) < 4.78 is 66.6. The molecule has 38 nitrogen and oxygen atoms in total. The lowest BCUT2D eigenvalue weighted by molar-refractivity contribution is -0.157. The number of hydrogen-bond donors (Lipinski definition) is 9. The second-order valence-electron chi connectivity index (χ2n) is 30.5. The van der Waals surface area contributed by atoms with Crippen LogP contribution in [0.5, 0.6) is 46.0 Å². The number of halogens is 4. The molecule has 0 radical (unpaired) electrons.